The standard InChI is InChI=1S/C11H9ClN4O2/c1-6-2-8(17)7(4-13-6)11(18)16-10-3-9(12)14-5-15-10/h2-5H,1H3,(H,13,17)(H,14,15,16,18). The predicted molar refractivity (Wildman–Crippen MR) is 66.8 cm³/mol. The van der Waals surface area contributed by atoms with Crippen LogP contribution in [0.2, 0.25) is 5.15 Å². The normalized spacial score (nSPS) is 10.1. The Kier molecular flexibility index (Phi) is 3.38. The summed E-state index contributed by atoms with van der Waals surface area (Å²) in [5.74, 6) is -0.314. The number of nitrogens with one attached hydrogen (secondary N) is 2. The Morgan fingerprint density at radius 3 is 2.83 bits per heavy atom. The highest BCUT2D eigenvalue weighted by Crippen LogP contribution is 2.09. The second-order valence-corrected chi connectivity index (χ2v) is 3.96. The average Bonchev–Trinajstić information content (AvgIpc) is 2.28. The molecule has 0 fully saturated rings. The number of aromatic amines is 1. The third kappa shape index (κ3) is 2.72. The first kappa shape index (κ1) is 12.3. The van der Waals surface area contributed by atoms with Gasteiger partial charge >= 0.3 is 0 Å². The van der Waals surface area contributed by atoms with Gasteiger partial charge in [0.15, 0.2) is 5.43 Å². The average molecular weight is 265 g/mol. The molecule has 0 radical (unpaired) electrons. The van der Waals surface area contributed by atoms with Crippen molar-refractivity contribution in [1.29, 1.82) is 0 Å². The SMILES string of the molecule is Cc1cc(=O)c(C(=O)Nc2cc(Cl)ncn2)c[nH]1. The molecule has 0 aliphatic heterocycles. The van der Waals surface area contributed by atoms with E-state index in [0.29, 0.717) is 5.69 Å². The van der Waals surface area contributed by atoms with E-state index in [1.807, 2.05) is 0 Å². The summed E-state index contributed by atoms with van der Waals surface area (Å²) in [6.45, 7) is 1.73. The third-order valence-electron chi connectivity index (χ3n) is 2.18. The van der Waals surface area contributed by atoms with E-state index in [9.17, 15) is 9.59 Å². The summed E-state index contributed by atoms with van der Waals surface area (Å²) in [6, 6.07) is 2.74. The number of pyridine rings is 1. The maximum Gasteiger partial charge on any atom is 0.262 e. The molecule has 92 valence electrons. The molecule has 0 aliphatic rings. The number of hydrogen-bond acceptors (Lipinski definition) is 4. The minimum absolute atomic E-state index is 0.00957. The van der Waals surface area contributed by atoms with E-state index in [-0.39, 0.29) is 22.0 Å². The summed E-state index contributed by atoms with van der Waals surface area (Å²) in [5.41, 5.74) is 0.334. The summed E-state index contributed by atoms with van der Waals surface area (Å²) < 4.78 is 0. The number of rotatable bonds is 2. The van der Waals surface area contributed by atoms with Crippen molar-refractivity contribution in [3.8, 4) is 0 Å². The van der Waals surface area contributed by atoms with E-state index >= 15 is 0 Å². The van der Waals surface area contributed by atoms with Crippen LogP contribution in [0.15, 0.2) is 29.5 Å². The number of halogens is 1. The Morgan fingerprint density at radius 2 is 2.17 bits per heavy atom. The minimum atomic E-state index is -0.550. The Morgan fingerprint density at radius 1 is 1.39 bits per heavy atom. The number of nitrogens with zero attached hydrogens (tertiary/aromatic N) is 2. The molecule has 2 aromatic rings. The van der Waals surface area contributed by atoms with Crippen molar-refractivity contribution in [3.63, 3.8) is 0 Å². The maximum atomic E-state index is 11.8. The van der Waals surface area contributed by atoms with Crippen LogP contribution in [0.4, 0.5) is 5.82 Å². The fourth-order valence-electron chi connectivity index (χ4n) is 1.34. The summed E-state index contributed by atoms with van der Waals surface area (Å²) >= 11 is 5.66. The molecule has 0 unspecified atom stereocenters. The molecule has 0 aliphatic carbocycles. The van der Waals surface area contributed by atoms with Crippen LogP contribution in [0.1, 0.15) is 16.1 Å². The summed E-state index contributed by atoms with van der Waals surface area (Å²) in [4.78, 5) is 33.7. The van der Waals surface area contributed by atoms with E-state index in [0.717, 1.165) is 0 Å². The Hall–Kier alpha value is -2.21. The second kappa shape index (κ2) is 4.97. The van der Waals surface area contributed by atoms with Gasteiger partial charge in [-0.15, -0.1) is 0 Å². The number of aromatic nitrogens is 3. The molecule has 2 heterocycles. The highest BCUT2D eigenvalue weighted by atomic mass is 35.5. The van der Waals surface area contributed by atoms with Crippen LogP contribution in [0, 0.1) is 6.92 Å². The lowest BCUT2D eigenvalue weighted by Crippen LogP contribution is -2.22. The number of anilines is 1. The monoisotopic (exact) mass is 264 g/mol. The van der Waals surface area contributed by atoms with Crippen LogP contribution in [0.25, 0.3) is 0 Å². The van der Waals surface area contributed by atoms with Gasteiger partial charge in [0.25, 0.3) is 5.91 Å². The molecular formula is C11H9ClN4O2. The molecule has 2 rings (SSSR count). The van der Waals surface area contributed by atoms with Crippen LogP contribution < -0.4 is 10.7 Å². The zero-order valence-electron chi connectivity index (χ0n) is 9.40. The lowest BCUT2D eigenvalue weighted by Gasteiger charge is -2.03. The molecule has 2 N–H and O–H groups in total. The highest BCUT2D eigenvalue weighted by molar-refractivity contribution is 6.29. The van der Waals surface area contributed by atoms with Crippen molar-refractivity contribution in [2.24, 2.45) is 0 Å². The first-order valence-corrected chi connectivity index (χ1v) is 5.42. The molecule has 0 aromatic carbocycles. The van der Waals surface area contributed by atoms with Gasteiger partial charge in [0.2, 0.25) is 0 Å². The van der Waals surface area contributed by atoms with Gasteiger partial charge in [0, 0.05) is 24.0 Å². The van der Waals surface area contributed by atoms with Gasteiger partial charge in [-0.2, -0.15) is 0 Å². The molecule has 0 spiro atoms. The quantitative estimate of drug-likeness (QED) is 0.802. The minimum Gasteiger partial charge on any atom is -0.364 e. The van der Waals surface area contributed by atoms with Crippen LogP contribution >= 0.6 is 11.6 Å². The molecule has 0 bridgehead atoms. The van der Waals surface area contributed by atoms with Gasteiger partial charge in [0.1, 0.15) is 22.9 Å². The summed E-state index contributed by atoms with van der Waals surface area (Å²) in [5, 5.41) is 2.67. The fraction of sp³-hybridized carbons (Fsp3) is 0.0909. The molecule has 18 heavy (non-hydrogen) atoms. The van der Waals surface area contributed by atoms with Gasteiger partial charge in [-0.1, -0.05) is 11.6 Å². The Labute approximate surface area is 107 Å². The molecule has 1 amide bonds. The molecule has 0 atom stereocenters. The van der Waals surface area contributed by atoms with Gasteiger partial charge in [0.05, 0.1) is 0 Å². The molecule has 0 saturated heterocycles. The van der Waals surface area contributed by atoms with E-state index in [1.54, 1.807) is 6.92 Å². The second-order valence-electron chi connectivity index (χ2n) is 3.57. The van der Waals surface area contributed by atoms with Crippen molar-refractivity contribution >= 4 is 23.3 Å². The van der Waals surface area contributed by atoms with Crippen LogP contribution in [0.5, 0.6) is 0 Å². The number of aryl methyl sites for hydroxylation is 1. The molecule has 7 heteroatoms. The number of carbonyl (C=O) groups is 1. The zero-order valence-corrected chi connectivity index (χ0v) is 10.2. The lowest BCUT2D eigenvalue weighted by atomic mass is 10.2. The molecular weight excluding hydrogens is 256 g/mol. The number of H-pyrrole nitrogens is 1. The van der Waals surface area contributed by atoms with Crippen LogP contribution in [0.3, 0.4) is 0 Å². The van der Waals surface area contributed by atoms with Crippen molar-refractivity contribution < 1.29 is 4.79 Å². The van der Waals surface area contributed by atoms with E-state index in [1.165, 1.54) is 24.7 Å². The van der Waals surface area contributed by atoms with Crippen LogP contribution in [-0.2, 0) is 0 Å². The summed E-state index contributed by atoms with van der Waals surface area (Å²) in [6.07, 6.45) is 2.58. The zero-order chi connectivity index (χ0) is 13.1. The summed E-state index contributed by atoms with van der Waals surface area (Å²) in [7, 11) is 0. The predicted octanol–water partition coefficient (Wildman–Crippen LogP) is 1.38. The van der Waals surface area contributed by atoms with E-state index in [4.69, 9.17) is 11.6 Å². The van der Waals surface area contributed by atoms with Gasteiger partial charge < -0.3 is 10.3 Å². The van der Waals surface area contributed by atoms with Crippen molar-refractivity contribution in [1.82, 2.24) is 15.0 Å². The van der Waals surface area contributed by atoms with Gasteiger partial charge in [-0.3, -0.25) is 9.59 Å². The first-order chi connectivity index (χ1) is 8.56. The van der Waals surface area contributed by atoms with Crippen molar-refractivity contribution in [2.75, 3.05) is 5.32 Å². The van der Waals surface area contributed by atoms with Gasteiger partial charge in [-0.05, 0) is 6.92 Å². The number of hydrogen-bond donors (Lipinski definition) is 2. The topological polar surface area (TPSA) is 87.7 Å². The molecule has 2 aromatic heterocycles. The fourth-order valence-corrected chi connectivity index (χ4v) is 1.48. The smallest absolute Gasteiger partial charge is 0.262 e. The van der Waals surface area contributed by atoms with Crippen molar-refractivity contribution in [3.05, 3.63) is 51.3 Å². The van der Waals surface area contributed by atoms with Crippen LogP contribution in [-0.4, -0.2) is 20.9 Å². The molecule has 0 saturated carbocycles. The number of carbonyl (C=O) groups excluding carboxylic acids is 1. The highest BCUT2D eigenvalue weighted by Gasteiger charge is 2.11. The third-order valence-corrected chi connectivity index (χ3v) is 2.38. The molecule has 6 nitrogen and oxygen atoms in total. The van der Waals surface area contributed by atoms with E-state index in [2.05, 4.69) is 20.3 Å². The van der Waals surface area contributed by atoms with E-state index < -0.39 is 5.91 Å². The van der Waals surface area contributed by atoms with Gasteiger partial charge in [-0.25, -0.2) is 9.97 Å². The maximum absolute atomic E-state index is 11.8. The number of amides is 1. The largest absolute Gasteiger partial charge is 0.364 e. The Bertz CT molecular complexity index is 653. The first-order valence-electron chi connectivity index (χ1n) is 5.04. The lowest BCUT2D eigenvalue weighted by molar-refractivity contribution is 0.102. The van der Waals surface area contributed by atoms with Crippen molar-refractivity contribution in [2.45, 2.75) is 6.92 Å². The Balaban J connectivity index is 2.25.